The van der Waals surface area contributed by atoms with E-state index in [1.807, 2.05) is 30.3 Å². The van der Waals surface area contributed by atoms with Crippen molar-refractivity contribution >= 4 is 16.9 Å². The fraction of sp³-hybridized carbons (Fsp3) is 0.222. The Labute approximate surface area is 202 Å². The third-order valence-corrected chi connectivity index (χ3v) is 6.86. The van der Waals surface area contributed by atoms with E-state index >= 15 is 0 Å². The maximum Gasteiger partial charge on any atom is 0.416 e. The average molecular weight is 492 g/mol. The molecule has 0 bridgehead atoms. The third kappa shape index (κ3) is 3.22. The summed E-state index contributed by atoms with van der Waals surface area (Å²) in [6.07, 6.45) is -4.40. The molecule has 0 radical (unpaired) electrons. The molecule has 36 heavy (non-hydrogen) atoms. The summed E-state index contributed by atoms with van der Waals surface area (Å²) >= 11 is 0. The predicted octanol–water partition coefficient (Wildman–Crippen LogP) is 5.19. The fourth-order valence-electron chi connectivity index (χ4n) is 5.00. The van der Waals surface area contributed by atoms with Crippen LogP contribution in [0.1, 0.15) is 35.6 Å². The summed E-state index contributed by atoms with van der Waals surface area (Å²) in [6.45, 7) is 1.82. The molecule has 6 nitrogen and oxygen atoms in total. The van der Waals surface area contributed by atoms with Crippen LogP contribution in [0.15, 0.2) is 65.5 Å². The quantitative estimate of drug-likeness (QED) is 0.325. The minimum atomic E-state index is -4.50. The Balaban J connectivity index is 1.50. The van der Waals surface area contributed by atoms with Crippen LogP contribution >= 0.6 is 0 Å². The van der Waals surface area contributed by atoms with Gasteiger partial charge in [-0.1, -0.05) is 25.1 Å². The molecule has 2 aliphatic rings. The number of fused-ring (bicyclic) bond motifs is 5. The van der Waals surface area contributed by atoms with Crippen LogP contribution in [0.5, 0.6) is 5.75 Å². The van der Waals surface area contributed by atoms with E-state index in [0.29, 0.717) is 23.5 Å². The van der Waals surface area contributed by atoms with Crippen molar-refractivity contribution in [2.75, 3.05) is 0 Å². The number of pyridine rings is 2. The van der Waals surface area contributed by atoms with Crippen molar-refractivity contribution in [3.05, 3.63) is 93.3 Å². The molecule has 9 heteroatoms. The summed E-state index contributed by atoms with van der Waals surface area (Å²) in [6, 6.07) is 15.5. The van der Waals surface area contributed by atoms with E-state index < -0.39 is 23.3 Å². The van der Waals surface area contributed by atoms with Gasteiger partial charge in [0.05, 0.1) is 34.6 Å². The van der Waals surface area contributed by atoms with Gasteiger partial charge < -0.3 is 14.0 Å². The van der Waals surface area contributed by atoms with Crippen LogP contribution < -0.4 is 10.3 Å². The molecular weight excluding hydrogens is 473 g/mol. The van der Waals surface area contributed by atoms with Gasteiger partial charge in [0, 0.05) is 16.5 Å². The average Bonchev–Trinajstić information content (AvgIpc) is 3.22. The molecule has 0 amide bonds. The number of cyclic esters (lactones) is 1. The van der Waals surface area contributed by atoms with Gasteiger partial charge in [-0.25, -0.2) is 9.78 Å². The van der Waals surface area contributed by atoms with E-state index in [2.05, 4.69) is 0 Å². The normalized spacial score (nSPS) is 18.4. The lowest BCUT2D eigenvalue weighted by Gasteiger charge is -2.36. The van der Waals surface area contributed by atoms with Crippen LogP contribution in [0.3, 0.4) is 0 Å². The zero-order valence-corrected chi connectivity index (χ0v) is 19.1. The standard InChI is InChI=1S/C27H19F3N2O4/c1-2-26(36-18-9-7-17(8-10-18)27(28,29)30)20-12-22-23-16(11-15-5-3-4-6-21(15)31-23)13-32(22)24(33)19(20)14-35-25(26)34/h3-12H,2,13-14H2,1H3/t26-/m0/s1. The number of hydrogen-bond acceptors (Lipinski definition) is 5. The van der Waals surface area contributed by atoms with Crippen LogP contribution in [-0.2, 0) is 34.5 Å². The molecule has 1 atom stereocenters. The van der Waals surface area contributed by atoms with E-state index in [0.717, 1.165) is 40.7 Å². The van der Waals surface area contributed by atoms with Crippen molar-refractivity contribution in [2.24, 2.45) is 0 Å². The Hall–Kier alpha value is -4.14. The van der Waals surface area contributed by atoms with Crippen molar-refractivity contribution in [3.63, 3.8) is 0 Å². The van der Waals surface area contributed by atoms with Gasteiger partial charge >= 0.3 is 12.1 Å². The lowest BCUT2D eigenvalue weighted by molar-refractivity contribution is -0.168. The Morgan fingerprint density at radius 2 is 1.83 bits per heavy atom. The number of alkyl halides is 3. The summed E-state index contributed by atoms with van der Waals surface area (Å²) in [5.41, 5.74) is 0.647. The molecule has 0 fully saturated rings. The van der Waals surface area contributed by atoms with Crippen LogP contribution in [0.25, 0.3) is 22.3 Å². The highest BCUT2D eigenvalue weighted by Crippen LogP contribution is 2.42. The van der Waals surface area contributed by atoms with Gasteiger partial charge in [0.25, 0.3) is 5.56 Å². The van der Waals surface area contributed by atoms with Crippen LogP contribution in [0, 0.1) is 0 Å². The van der Waals surface area contributed by atoms with Crippen molar-refractivity contribution in [1.29, 1.82) is 0 Å². The number of esters is 1. The summed E-state index contributed by atoms with van der Waals surface area (Å²) in [7, 11) is 0. The van der Waals surface area contributed by atoms with E-state index in [4.69, 9.17) is 14.5 Å². The van der Waals surface area contributed by atoms with E-state index in [9.17, 15) is 22.8 Å². The fourth-order valence-corrected chi connectivity index (χ4v) is 5.00. The van der Waals surface area contributed by atoms with Crippen LogP contribution in [0.4, 0.5) is 13.2 Å². The second kappa shape index (κ2) is 7.68. The monoisotopic (exact) mass is 492 g/mol. The van der Waals surface area contributed by atoms with Crippen molar-refractivity contribution in [1.82, 2.24) is 9.55 Å². The van der Waals surface area contributed by atoms with Gasteiger partial charge in [0.2, 0.25) is 5.60 Å². The molecule has 4 heterocycles. The van der Waals surface area contributed by atoms with Gasteiger partial charge in [-0.2, -0.15) is 13.2 Å². The first-order valence-electron chi connectivity index (χ1n) is 11.4. The zero-order valence-electron chi connectivity index (χ0n) is 19.1. The van der Waals surface area contributed by atoms with E-state index in [1.54, 1.807) is 17.6 Å². The number of aromatic nitrogens is 2. The summed E-state index contributed by atoms with van der Waals surface area (Å²) in [5, 5.41) is 0.953. The molecule has 0 aliphatic carbocycles. The lowest BCUT2D eigenvalue weighted by Crippen LogP contribution is -2.48. The number of rotatable bonds is 3. The van der Waals surface area contributed by atoms with E-state index in [-0.39, 0.29) is 29.9 Å². The SMILES string of the molecule is CC[C@@]1(Oc2ccc(C(F)(F)F)cc2)C(=O)OCc2c1cc1n(c2=O)Cc2cc3ccccc3nc2-1. The summed E-state index contributed by atoms with van der Waals surface area (Å²) in [4.78, 5) is 31.4. The lowest BCUT2D eigenvalue weighted by atomic mass is 9.85. The molecule has 2 aliphatic heterocycles. The topological polar surface area (TPSA) is 70.4 Å². The number of halogens is 3. The van der Waals surface area contributed by atoms with Gasteiger partial charge in [0.1, 0.15) is 12.4 Å². The molecular formula is C27H19F3N2O4. The molecule has 4 aromatic rings. The molecule has 2 aromatic carbocycles. The van der Waals surface area contributed by atoms with Crippen molar-refractivity contribution in [2.45, 2.75) is 38.3 Å². The number of carbonyl (C=O) groups excluding carboxylic acids is 1. The summed E-state index contributed by atoms with van der Waals surface area (Å²) in [5.74, 6) is -0.647. The van der Waals surface area contributed by atoms with Gasteiger partial charge in [-0.3, -0.25) is 4.79 Å². The second-order valence-corrected chi connectivity index (χ2v) is 8.88. The highest BCUT2D eigenvalue weighted by Gasteiger charge is 2.49. The smallest absolute Gasteiger partial charge is 0.416 e. The highest BCUT2D eigenvalue weighted by molar-refractivity contribution is 5.86. The summed E-state index contributed by atoms with van der Waals surface area (Å²) < 4.78 is 52.1. The number of para-hydroxylation sites is 1. The number of carbonyl (C=O) groups is 1. The largest absolute Gasteiger partial charge is 0.471 e. The maximum atomic E-state index is 13.5. The number of benzene rings is 2. The van der Waals surface area contributed by atoms with Gasteiger partial charge in [-0.15, -0.1) is 0 Å². The molecule has 6 rings (SSSR count). The number of hydrogen-bond donors (Lipinski definition) is 0. The molecule has 0 spiro atoms. The molecule has 182 valence electrons. The Morgan fingerprint density at radius 3 is 2.56 bits per heavy atom. The number of ether oxygens (including phenoxy) is 2. The molecule has 0 saturated heterocycles. The Kier molecular flexibility index (Phi) is 4.76. The Bertz CT molecular complexity index is 1610. The van der Waals surface area contributed by atoms with Crippen molar-refractivity contribution < 1.29 is 27.4 Å². The molecule has 0 saturated carbocycles. The van der Waals surface area contributed by atoms with Gasteiger partial charge in [-0.05, 0) is 48.9 Å². The van der Waals surface area contributed by atoms with Crippen LogP contribution in [-0.4, -0.2) is 15.5 Å². The third-order valence-electron chi connectivity index (χ3n) is 6.86. The first-order chi connectivity index (χ1) is 17.2. The molecule has 0 N–H and O–H groups in total. The first-order valence-corrected chi connectivity index (χ1v) is 11.4. The minimum absolute atomic E-state index is 0.0553. The maximum absolute atomic E-state index is 13.5. The van der Waals surface area contributed by atoms with Crippen molar-refractivity contribution in [3.8, 4) is 17.1 Å². The highest BCUT2D eigenvalue weighted by atomic mass is 19.4. The second-order valence-electron chi connectivity index (χ2n) is 8.88. The molecule has 2 aromatic heterocycles. The minimum Gasteiger partial charge on any atom is -0.471 e. The zero-order chi connectivity index (χ0) is 25.2. The van der Waals surface area contributed by atoms with Gasteiger partial charge in [0.15, 0.2) is 0 Å². The predicted molar refractivity (Wildman–Crippen MR) is 124 cm³/mol. The number of nitrogens with zero attached hydrogens (tertiary/aromatic N) is 2. The first kappa shape index (κ1) is 22.3. The van der Waals surface area contributed by atoms with Crippen LogP contribution in [0.2, 0.25) is 0 Å². The van der Waals surface area contributed by atoms with E-state index in [1.165, 1.54) is 0 Å². The Morgan fingerprint density at radius 1 is 1.08 bits per heavy atom. The molecule has 0 unspecified atom stereocenters.